The van der Waals surface area contributed by atoms with Gasteiger partial charge in [0.1, 0.15) is 25.0 Å². The van der Waals surface area contributed by atoms with E-state index in [0.29, 0.717) is 23.2 Å². The lowest BCUT2D eigenvalue weighted by Crippen LogP contribution is -3.00. The van der Waals surface area contributed by atoms with Crippen LogP contribution in [0.15, 0.2) is 18.2 Å². The maximum atomic E-state index is 10.0. The van der Waals surface area contributed by atoms with E-state index in [-0.39, 0.29) is 24.6 Å². The molecule has 1 saturated carbocycles. The first-order chi connectivity index (χ1) is 10.8. The van der Waals surface area contributed by atoms with E-state index in [1.807, 2.05) is 12.1 Å². The quantitative estimate of drug-likeness (QED) is 0.759. The molecule has 1 atom stereocenters. The van der Waals surface area contributed by atoms with Crippen molar-refractivity contribution in [3.8, 4) is 5.75 Å². The minimum absolute atomic E-state index is 0. The highest BCUT2D eigenvalue weighted by molar-refractivity contribution is 6.32. The van der Waals surface area contributed by atoms with Crippen molar-refractivity contribution in [1.29, 1.82) is 0 Å². The van der Waals surface area contributed by atoms with E-state index in [0.717, 1.165) is 0 Å². The molecule has 3 nitrogen and oxygen atoms in total. The van der Waals surface area contributed by atoms with Crippen LogP contribution in [0.25, 0.3) is 0 Å². The Bertz CT molecular complexity index is 497. The van der Waals surface area contributed by atoms with Crippen molar-refractivity contribution in [2.45, 2.75) is 70.4 Å². The van der Waals surface area contributed by atoms with Crippen LogP contribution in [-0.4, -0.2) is 29.9 Å². The van der Waals surface area contributed by atoms with E-state index >= 15 is 0 Å². The molecule has 5 heteroatoms. The number of rotatable bonds is 6. The summed E-state index contributed by atoms with van der Waals surface area (Å²) in [7, 11) is 0. The molecule has 0 amide bonds. The molecule has 0 aliphatic heterocycles. The average Bonchev–Trinajstić information content (AvgIpc) is 2.52. The molecule has 0 spiro atoms. The normalized spacial score (nSPS) is 17.2. The largest absolute Gasteiger partial charge is 1.00 e. The smallest absolute Gasteiger partial charge is 0.138 e. The molecule has 1 unspecified atom stereocenters. The molecular weight excluding hydrogens is 345 g/mol. The van der Waals surface area contributed by atoms with Crippen LogP contribution in [0.2, 0.25) is 5.02 Å². The van der Waals surface area contributed by atoms with E-state index in [4.69, 9.17) is 16.3 Å². The van der Waals surface area contributed by atoms with Crippen LogP contribution in [0.1, 0.15) is 64.4 Å². The molecule has 0 bridgehead atoms. The number of aliphatic hydroxyl groups is 1. The van der Waals surface area contributed by atoms with Gasteiger partial charge in [-0.15, -0.1) is 0 Å². The van der Waals surface area contributed by atoms with Crippen LogP contribution in [0.3, 0.4) is 0 Å². The van der Waals surface area contributed by atoms with Gasteiger partial charge in [0.25, 0.3) is 0 Å². The number of hydrogen-bond acceptors (Lipinski definition) is 2. The predicted molar refractivity (Wildman–Crippen MR) is 95.3 cm³/mol. The summed E-state index contributed by atoms with van der Waals surface area (Å²) in [5, 5.41) is 12.8. The summed E-state index contributed by atoms with van der Waals surface area (Å²) in [4.78, 5) is 0. The number of benzene rings is 1. The van der Waals surface area contributed by atoms with E-state index in [2.05, 4.69) is 32.2 Å². The Hall–Kier alpha value is -0.480. The Morgan fingerprint density at radius 3 is 2.50 bits per heavy atom. The number of ether oxygens (including phenoxy) is 1. The monoisotopic (exact) mass is 375 g/mol. The number of aliphatic hydroxyl groups excluding tert-OH is 1. The van der Waals surface area contributed by atoms with Gasteiger partial charge in [-0.05, 0) is 57.2 Å². The summed E-state index contributed by atoms with van der Waals surface area (Å²) in [6.07, 6.45) is 6.02. The summed E-state index contributed by atoms with van der Waals surface area (Å²) in [5.41, 5.74) is 1.43. The van der Waals surface area contributed by atoms with Crippen LogP contribution in [-0.2, 0) is 0 Å². The van der Waals surface area contributed by atoms with Gasteiger partial charge < -0.3 is 27.6 Å². The molecular formula is C19H31Cl2NO2. The van der Waals surface area contributed by atoms with Crippen LogP contribution < -0.4 is 22.5 Å². The molecule has 2 rings (SSSR count). The topological polar surface area (TPSA) is 46.1 Å². The van der Waals surface area contributed by atoms with Crippen molar-refractivity contribution in [1.82, 2.24) is 0 Å². The van der Waals surface area contributed by atoms with Gasteiger partial charge in [-0.2, -0.15) is 0 Å². The Morgan fingerprint density at radius 1 is 1.25 bits per heavy atom. The summed E-state index contributed by atoms with van der Waals surface area (Å²) >= 11 is 6.37. The van der Waals surface area contributed by atoms with Crippen molar-refractivity contribution in [2.24, 2.45) is 0 Å². The van der Waals surface area contributed by atoms with Crippen LogP contribution in [0, 0.1) is 0 Å². The maximum absolute atomic E-state index is 10.0. The van der Waals surface area contributed by atoms with Crippen molar-refractivity contribution in [3.05, 3.63) is 28.8 Å². The third-order valence-corrected chi connectivity index (χ3v) is 4.76. The highest BCUT2D eigenvalue weighted by Gasteiger charge is 2.18. The lowest BCUT2D eigenvalue weighted by molar-refractivity contribution is -0.722. The zero-order chi connectivity index (χ0) is 16.9. The Balaban J connectivity index is 0.00000288. The molecule has 0 heterocycles. The first kappa shape index (κ1) is 21.6. The molecule has 1 fully saturated rings. The van der Waals surface area contributed by atoms with Gasteiger partial charge >= 0.3 is 0 Å². The zero-order valence-electron chi connectivity index (χ0n) is 15.0. The van der Waals surface area contributed by atoms with E-state index in [1.54, 1.807) is 0 Å². The van der Waals surface area contributed by atoms with Crippen LogP contribution in [0.4, 0.5) is 0 Å². The summed E-state index contributed by atoms with van der Waals surface area (Å²) < 4.78 is 5.70. The molecule has 0 radical (unpaired) electrons. The predicted octanol–water partition coefficient (Wildman–Crippen LogP) is 0.493. The molecule has 1 aliphatic rings. The van der Waals surface area contributed by atoms with Crippen molar-refractivity contribution in [2.75, 3.05) is 13.2 Å². The minimum atomic E-state index is -0.497. The van der Waals surface area contributed by atoms with Crippen molar-refractivity contribution in [3.63, 3.8) is 0 Å². The van der Waals surface area contributed by atoms with Gasteiger partial charge in [-0.25, -0.2) is 0 Å². The highest BCUT2D eigenvalue weighted by Crippen LogP contribution is 2.36. The minimum Gasteiger partial charge on any atom is -1.00 e. The number of nitrogens with two attached hydrogens (primary N) is 1. The fraction of sp³-hybridized carbons (Fsp3) is 0.684. The van der Waals surface area contributed by atoms with Gasteiger partial charge in [0.15, 0.2) is 0 Å². The molecule has 3 N–H and O–H groups in total. The number of quaternary nitrogens is 1. The third kappa shape index (κ3) is 7.18. The fourth-order valence-corrected chi connectivity index (χ4v) is 3.31. The molecule has 138 valence electrons. The van der Waals surface area contributed by atoms with Crippen molar-refractivity contribution >= 4 is 11.6 Å². The average molecular weight is 376 g/mol. The zero-order valence-corrected chi connectivity index (χ0v) is 16.5. The summed E-state index contributed by atoms with van der Waals surface area (Å²) in [5.74, 6) is 1.31. The van der Waals surface area contributed by atoms with E-state index in [1.165, 1.54) is 37.7 Å². The van der Waals surface area contributed by atoms with Gasteiger partial charge in [-0.3, -0.25) is 0 Å². The molecule has 1 aromatic rings. The second-order valence-corrected chi connectivity index (χ2v) is 8.20. The summed E-state index contributed by atoms with van der Waals surface area (Å²) in [6, 6.07) is 6.12. The molecule has 1 aromatic carbocycles. The van der Waals surface area contributed by atoms with Crippen LogP contribution >= 0.6 is 11.6 Å². The van der Waals surface area contributed by atoms with E-state index < -0.39 is 6.10 Å². The first-order valence-corrected chi connectivity index (χ1v) is 9.17. The lowest BCUT2D eigenvalue weighted by Gasteiger charge is -2.23. The lowest BCUT2D eigenvalue weighted by atomic mass is 9.84. The van der Waals surface area contributed by atoms with Crippen molar-refractivity contribution < 1.29 is 27.6 Å². The van der Waals surface area contributed by atoms with Gasteiger partial charge in [0, 0.05) is 0 Å². The standard InChI is InChI=1S/C19H30ClNO2.ClH/c1-19(2,3)21-12-16(22)13-23-18-10-9-15(11-17(18)20)14-7-5-4-6-8-14;/h9-11,14,16,21-22H,4-8,12-13H2,1-3H3;1H. The van der Waals surface area contributed by atoms with E-state index in [9.17, 15) is 5.11 Å². The van der Waals surface area contributed by atoms with Gasteiger partial charge in [0.05, 0.1) is 10.6 Å². The maximum Gasteiger partial charge on any atom is 0.138 e. The molecule has 0 saturated heterocycles. The first-order valence-electron chi connectivity index (χ1n) is 8.80. The molecule has 24 heavy (non-hydrogen) atoms. The third-order valence-electron chi connectivity index (χ3n) is 4.47. The Labute approximate surface area is 157 Å². The Kier molecular flexibility index (Phi) is 8.86. The number of halogens is 2. The summed E-state index contributed by atoms with van der Waals surface area (Å²) in [6.45, 7) is 7.28. The second kappa shape index (κ2) is 9.86. The SMILES string of the molecule is CC(C)(C)[NH2+]CC(O)COc1ccc(C2CCCCC2)cc1Cl.[Cl-]. The Morgan fingerprint density at radius 2 is 1.92 bits per heavy atom. The van der Waals surface area contributed by atoms with Gasteiger partial charge in [-0.1, -0.05) is 36.9 Å². The van der Waals surface area contributed by atoms with Crippen LogP contribution in [0.5, 0.6) is 5.75 Å². The molecule has 0 aromatic heterocycles. The molecule has 1 aliphatic carbocycles. The number of hydrogen-bond donors (Lipinski definition) is 2. The second-order valence-electron chi connectivity index (χ2n) is 7.80. The van der Waals surface area contributed by atoms with Gasteiger partial charge in [0.2, 0.25) is 0 Å². The fourth-order valence-electron chi connectivity index (χ4n) is 3.07. The highest BCUT2D eigenvalue weighted by atomic mass is 35.5.